The molecular weight excluding hydrogens is 320 g/mol. The first-order chi connectivity index (χ1) is 11.9. The number of benzene rings is 1. The zero-order valence-corrected chi connectivity index (χ0v) is 13.7. The summed E-state index contributed by atoms with van der Waals surface area (Å²) in [6.45, 7) is 3.68. The van der Waals surface area contributed by atoms with Crippen molar-refractivity contribution in [3.8, 4) is 11.4 Å². The van der Waals surface area contributed by atoms with Gasteiger partial charge >= 0.3 is 0 Å². The standard InChI is InChI=1S/C18H16N4O3/c1-8-3-4-13(23)9(2)15(8)22-16(19)14(17(20)24)11-5-10-6-25-7-12(10)21-18(11)22/h3-7,23H,19H2,1-2H3,(H2,20,24). The van der Waals surface area contributed by atoms with Crippen LogP contribution in [0.15, 0.2) is 35.1 Å². The van der Waals surface area contributed by atoms with Crippen molar-refractivity contribution >= 4 is 33.7 Å². The molecule has 0 aliphatic carbocycles. The van der Waals surface area contributed by atoms with E-state index >= 15 is 0 Å². The van der Waals surface area contributed by atoms with Gasteiger partial charge in [-0.1, -0.05) is 6.07 Å². The quantitative estimate of drug-likeness (QED) is 0.520. The van der Waals surface area contributed by atoms with Gasteiger partial charge in [-0.15, -0.1) is 0 Å². The van der Waals surface area contributed by atoms with Crippen LogP contribution in [0.1, 0.15) is 21.5 Å². The molecule has 25 heavy (non-hydrogen) atoms. The molecule has 0 bridgehead atoms. The van der Waals surface area contributed by atoms with Crippen LogP contribution >= 0.6 is 0 Å². The molecule has 7 nitrogen and oxygen atoms in total. The van der Waals surface area contributed by atoms with Crippen LogP contribution in [0, 0.1) is 13.8 Å². The van der Waals surface area contributed by atoms with E-state index in [0.29, 0.717) is 27.8 Å². The van der Waals surface area contributed by atoms with Crippen LogP contribution in [0.25, 0.3) is 27.6 Å². The van der Waals surface area contributed by atoms with Gasteiger partial charge in [-0.3, -0.25) is 9.36 Å². The highest BCUT2D eigenvalue weighted by atomic mass is 16.3. The minimum Gasteiger partial charge on any atom is -0.508 e. The molecule has 1 amide bonds. The van der Waals surface area contributed by atoms with Crippen LogP contribution in [0.4, 0.5) is 5.82 Å². The molecule has 0 radical (unpaired) electrons. The van der Waals surface area contributed by atoms with Crippen molar-refractivity contribution in [1.82, 2.24) is 9.55 Å². The third kappa shape index (κ3) is 1.99. The van der Waals surface area contributed by atoms with Crippen LogP contribution in [0.5, 0.6) is 5.75 Å². The van der Waals surface area contributed by atoms with Gasteiger partial charge < -0.3 is 21.0 Å². The fourth-order valence-electron chi connectivity index (χ4n) is 3.27. The molecule has 0 spiro atoms. The fourth-order valence-corrected chi connectivity index (χ4v) is 3.27. The Kier molecular flexibility index (Phi) is 3.02. The van der Waals surface area contributed by atoms with E-state index in [1.54, 1.807) is 36.0 Å². The van der Waals surface area contributed by atoms with Crippen LogP contribution in [0.2, 0.25) is 0 Å². The van der Waals surface area contributed by atoms with Crippen molar-refractivity contribution < 1.29 is 14.3 Å². The zero-order valence-electron chi connectivity index (χ0n) is 13.7. The smallest absolute Gasteiger partial charge is 0.253 e. The molecule has 0 unspecified atom stereocenters. The van der Waals surface area contributed by atoms with Gasteiger partial charge in [0.25, 0.3) is 5.91 Å². The summed E-state index contributed by atoms with van der Waals surface area (Å²) in [7, 11) is 0. The second kappa shape index (κ2) is 5.01. The molecule has 4 aromatic rings. The minimum atomic E-state index is -0.638. The predicted molar refractivity (Wildman–Crippen MR) is 94.9 cm³/mol. The molecule has 1 aromatic carbocycles. The number of pyridine rings is 1. The molecule has 0 atom stereocenters. The monoisotopic (exact) mass is 336 g/mol. The number of aryl methyl sites for hydroxylation is 1. The molecular formula is C18H16N4O3. The Bertz CT molecular complexity index is 1170. The lowest BCUT2D eigenvalue weighted by Gasteiger charge is -2.15. The summed E-state index contributed by atoms with van der Waals surface area (Å²) >= 11 is 0. The van der Waals surface area contributed by atoms with Crippen molar-refractivity contribution in [3.05, 3.63) is 47.4 Å². The van der Waals surface area contributed by atoms with Crippen molar-refractivity contribution in [3.63, 3.8) is 0 Å². The van der Waals surface area contributed by atoms with E-state index in [-0.39, 0.29) is 17.1 Å². The molecule has 4 rings (SSSR count). The highest BCUT2D eigenvalue weighted by Crippen LogP contribution is 2.36. The zero-order chi connectivity index (χ0) is 17.9. The number of phenolic OH excluding ortho intramolecular Hbond substituents is 1. The van der Waals surface area contributed by atoms with Gasteiger partial charge in [0.1, 0.15) is 29.0 Å². The number of hydrogen-bond donors (Lipinski definition) is 3. The molecule has 3 heterocycles. The molecule has 3 aromatic heterocycles. The van der Waals surface area contributed by atoms with Gasteiger partial charge in [0.05, 0.1) is 17.5 Å². The average Bonchev–Trinajstić information content (AvgIpc) is 3.11. The van der Waals surface area contributed by atoms with E-state index in [9.17, 15) is 9.90 Å². The number of primary amides is 1. The summed E-state index contributed by atoms with van der Waals surface area (Å²) in [6, 6.07) is 5.18. The van der Waals surface area contributed by atoms with Gasteiger partial charge in [0.2, 0.25) is 0 Å². The van der Waals surface area contributed by atoms with Crippen molar-refractivity contribution in [2.45, 2.75) is 13.8 Å². The van der Waals surface area contributed by atoms with Crippen LogP contribution in [-0.2, 0) is 0 Å². The SMILES string of the molecule is Cc1ccc(O)c(C)c1-n1c(N)c(C(N)=O)c2cc3cocc3nc21. The predicted octanol–water partition coefficient (Wildman–Crippen LogP) is 2.78. The second-order valence-electron chi connectivity index (χ2n) is 6.04. The average molecular weight is 336 g/mol. The number of fused-ring (bicyclic) bond motifs is 2. The van der Waals surface area contributed by atoms with Gasteiger partial charge in [0, 0.05) is 16.3 Å². The van der Waals surface area contributed by atoms with Crippen molar-refractivity contribution in [2.75, 3.05) is 5.73 Å². The summed E-state index contributed by atoms with van der Waals surface area (Å²) < 4.78 is 6.85. The largest absolute Gasteiger partial charge is 0.508 e. The van der Waals surface area contributed by atoms with E-state index in [4.69, 9.17) is 15.9 Å². The number of anilines is 1. The lowest BCUT2D eigenvalue weighted by atomic mass is 10.1. The molecule has 5 N–H and O–H groups in total. The number of rotatable bonds is 2. The number of nitrogens with two attached hydrogens (primary N) is 2. The number of carbonyl (C=O) groups is 1. The highest BCUT2D eigenvalue weighted by Gasteiger charge is 2.24. The Morgan fingerprint density at radius 1 is 1.28 bits per heavy atom. The summed E-state index contributed by atoms with van der Waals surface area (Å²) in [5.74, 6) is -0.315. The summed E-state index contributed by atoms with van der Waals surface area (Å²) in [6.07, 6.45) is 3.07. The minimum absolute atomic E-state index is 0.131. The first-order valence-electron chi connectivity index (χ1n) is 7.66. The Balaban J connectivity index is 2.23. The summed E-state index contributed by atoms with van der Waals surface area (Å²) in [5, 5.41) is 11.4. The Morgan fingerprint density at radius 2 is 2.04 bits per heavy atom. The van der Waals surface area contributed by atoms with Crippen LogP contribution in [0.3, 0.4) is 0 Å². The lowest BCUT2D eigenvalue weighted by Crippen LogP contribution is -2.14. The number of amides is 1. The van der Waals surface area contributed by atoms with Crippen molar-refractivity contribution in [1.29, 1.82) is 0 Å². The van der Waals surface area contributed by atoms with E-state index in [1.165, 1.54) is 6.26 Å². The van der Waals surface area contributed by atoms with Gasteiger partial charge in [-0.25, -0.2) is 4.98 Å². The van der Waals surface area contributed by atoms with Gasteiger partial charge in [0.15, 0.2) is 0 Å². The Labute approximate surface area is 142 Å². The molecule has 7 heteroatoms. The molecule has 126 valence electrons. The lowest BCUT2D eigenvalue weighted by molar-refractivity contribution is 0.100. The molecule has 0 saturated heterocycles. The van der Waals surface area contributed by atoms with E-state index < -0.39 is 5.91 Å². The van der Waals surface area contributed by atoms with Crippen LogP contribution in [-0.4, -0.2) is 20.6 Å². The van der Waals surface area contributed by atoms with Crippen LogP contribution < -0.4 is 11.5 Å². The molecule has 0 fully saturated rings. The molecule has 0 aliphatic heterocycles. The third-order valence-corrected chi connectivity index (χ3v) is 4.49. The Hall–Kier alpha value is -3.48. The fraction of sp³-hybridized carbons (Fsp3) is 0.111. The van der Waals surface area contributed by atoms with E-state index in [0.717, 1.165) is 10.9 Å². The number of hydrogen-bond acceptors (Lipinski definition) is 5. The van der Waals surface area contributed by atoms with Gasteiger partial charge in [-0.05, 0) is 31.5 Å². The maximum absolute atomic E-state index is 12.0. The summed E-state index contributed by atoms with van der Waals surface area (Å²) in [5.41, 5.74) is 15.4. The number of nitrogens with zero attached hydrogens (tertiary/aromatic N) is 2. The number of nitrogen functional groups attached to an aromatic ring is 1. The number of furan rings is 1. The third-order valence-electron chi connectivity index (χ3n) is 4.49. The van der Waals surface area contributed by atoms with E-state index in [1.807, 2.05) is 6.92 Å². The first-order valence-corrected chi connectivity index (χ1v) is 7.66. The topological polar surface area (TPSA) is 120 Å². The van der Waals surface area contributed by atoms with Gasteiger partial charge in [-0.2, -0.15) is 0 Å². The molecule has 0 saturated carbocycles. The number of aromatic nitrogens is 2. The second-order valence-corrected chi connectivity index (χ2v) is 6.04. The number of aromatic hydroxyl groups is 1. The number of phenols is 1. The normalized spacial score (nSPS) is 11.4. The number of carbonyl (C=O) groups excluding carboxylic acids is 1. The summed E-state index contributed by atoms with van der Waals surface area (Å²) in [4.78, 5) is 16.6. The molecule has 0 aliphatic rings. The maximum atomic E-state index is 12.0. The van der Waals surface area contributed by atoms with E-state index in [2.05, 4.69) is 4.98 Å². The van der Waals surface area contributed by atoms with Crippen molar-refractivity contribution in [2.24, 2.45) is 5.73 Å². The Morgan fingerprint density at radius 3 is 2.76 bits per heavy atom. The maximum Gasteiger partial charge on any atom is 0.253 e. The highest BCUT2D eigenvalue weighted by molar-refractivity contribution is 6.12. The first kappa shape index (κ1) is 15.1.